The largest absolute Gasteiger partial charge is 0.463 e. The normalized spacial score (nSPS) is 20.9. The molecule has 1 aliphatic heterocycles. The van der Waals surface area contributed by atoms with Crippen LogP contribution in [0.5, 0.6) is 0 Å². The minimum atomic E-state index is -0.570. The van der Waals surface area contributed by atoms with Crippen LogP contribution in [0.25, 0.3) is 0 Å². The standard InChI is InChI=1S/C10H16N2O2/c1-6(13)10(11)8-3-7-4-12(2)5-9(7)14-8/h3,6,10,13H,4-5,11H2,1-2H3. The number of hydrogen-bond donors (Lipinski definition) is 2. The van der Waals surface area contributed by atoms with E-state index in [1.54, 1.807) is 6.92 Å². The number of nitrogens with two attached hydrogens (primary N) is 1. The van der Waals surface area contributed by atoms with Crippen molar-refractivity contribution in [3.05, 3.63) is 23.2 Å². The first-order valence-corrected chi connectivity index (χ1v) is 4.81. The first-order chi connectivity index (χ1) is 6.58. The molecule has 3 N–H and O–H groups in total. The highest BCUT2D eigenvalue weighted by molar-refractivity contribution is 5.26. The lowest BCUT2D eigenvalue weighted by Gasteiger charge is -2.12. The van der Waals surface area contributed by atoms with Crippen LogP contribution in [-0.2, 0) is 13.1 Å². The molecule has 1 aromatic rings. The fourth-order valence-corrected chi connectivity index (χ4v) is 1.75. The van der Waals surface area contributed by atoms with Crippen molar-refractivity contribution >= 4 is 0 Å². The molecule has 4 heteroatoms. The molecule has 0 saturated heterocycles. The molecule has 2 unspecified atom stereocenters. The molecule has 0 fully saturated rings. The van der Waals surface area contributed by atoms with Gasteiger partial charge in [-0.25, -0.2) is 0 Å². The summed E-state index contributed by atoms with van der Waals surface area (Å²) in [7, 11) is 2.05. The number of nitrogens with zero attached hydrogens (tertiary/aromatic N) is 1. The van der Waals surface area contributed by atoms with Crippen molar-refractivity contribution in [3.8, 4) is 0 Å². The highest BCUT2D eigenvalue weighted by Crippen LogP contribution is 2.28. The highest BCUT2D eigenvalue weighted by atomic mass is 16.3. The number of hydrogen-bond acceptors (Lipinski definition) is 4. The number of rotatable bonds is 2. The molecule has 78 valence electrons. The molecule has 14 heavy (non-hydrogen) atoms. The SMILES string of the molecule is CC(O)C(N)c1cc2c(o1)CN(C)C2. The van der Waals surface area contributed by atoms with Crippen LogP contribution in [0, 0.1) is 0 Å². The predicted octanol–water partition coefficient (Wildman–Crippen LogP) is 0.606. The summed E-state index contributed by atoms with van der Waals surface area (Å²) in [5.74, 6) is 1.68. The van der Waals surface area contributed by atoms with Crippen LogP contribution in [0.4, 0.5) is 0 Å². The second-order valence-corrected chi connectivity index (χ2v) is 4.04. The zero-order valence-corrected chi connectivity index (χ0v) is 8.53. The molecule has 2 rings (SSSR count). The van der Waals surface area contributed by atoms with Crippen molar-refractivity contribution in [1.29, 1.82) is 0 Å². The van der Waals surface area contributed by atoms with Gasteiger partial charge in [-0.3, -0.25) is 4.90 Å². The summed E-state index contributed by atoms with van der Waals surface area (Å²) in [6, 6.07) is 1.54. The van der Waals surface area contributed by atoms with Crippen LogP contribution in [-0.4, -0.2) is 23.2 Å². The van der Waals surface area contributed by atoms with E-state index >= 15 is 0 Å². The molecule has 0 spiro atoms. The summed E-state index contributed by atoms with van der Waals surface area (Å²) in [6.45, 7) is 3.41. The average molecular weight is 196 g/mol. The van der Waals surface area contributed by atoms with Crippen molar-refractivity contribution in [2.24, 2.45) is 5.73 Å². The van der Waals surface area contributed by atoms with E-state index in [4.69, 9.17) is 10.2 Å². The van der Waals surface area contributed by atoms with Crippen molar-refractivity contribution < 1.29 is 9.52 Å². The molecule has 0 amide bonds. The summed E-state index contributed by atoms with van der Waals surface area (Å²) < 4.78 is 5.59. The third kappa shape index (κ3) is 1.56. The maximum Gasteiger partial charge on any atom is 0.123 e. The maximum atomic E-state index is 9.32. The Morgan fingerprint density at radius 1 is 1.57 bits per heavy atom. The summed E-state index contributed by atoms with van der Waals surface area (Å²) >= 11 is 0. The van der Waals surface area contributed by atoms with Gasteiger partial charge in [0.05, 0.1) is 18.7 Å². The Hall–Kier alpha value is -0.840. The second-order valence-electron chi connectivity index (χ2n) is 4.04. The fraction of sp³-hybridized carbons (Fsp3) is 0.600. The van der Waals surface area contributed by atoms with Crippen molar-refractivity contribution in [3.63, 3.8) is 0 Å². The average Bonchev–Trinajstić information content (AvgIpc) is 2.59. The van der Waals surface area contributed by atoms with Crippen LogP contribution < -0.4 is 5.73 Å². The number of furan rings is 1. The van der Waals surface area contributed by atoms with Gasteiger partial charge in [0.15, 0.2) is 0 Å². The van der Waals surface area contributed by atoms with Gasteiger partial charge in [0.1, 0.15) is 11.5 Å². The summed E-state index contributed by atoms with van der Waals surface area (Å²) in [4.78, 5) is 2.17. The molecular formula is C10H16N2O2. The third-order valence-corrected chi connectivity index (χ3v) is 2.62. The lowest BCUT2D eigenvalue weighted by Crippen LogP contribution is -2.22. The van der Waals surface area contributed by atoms with Gasteiger partial charge >= 0.3 is 0 Å². The number of fused-ring (bicyclic) bond motifs is 1. The van der Waals surface area contributed by atoms with E-state index in [-0.39, 0.29) is 0 Å². The monoisotopic (exact) mass is 196 g/mol. The zero-order chi connectivity index (χ0) is 10.3. The molecule has 0 saturated carbocycles. The van der Waals surface area contributed by atoms with E-state index in [1.807, 2.05) is 13.1 Å². The molecule has 1 aliphatic rings. The first-order valence-electron chi connectivity index (χ1n) is 4.81. The predicted molar refractivity (Wildman–Crippen MR) is 52.5 cm³/mol. The fourth-order valence-electron chi connectivity index (χ4n) is 1.75. The van der Waals surface area contributed by atoms with Crippen molar-refractivity contribution in [1.82, 2.24) is 4.90 Å². The van der Waals surface area contributed by atoms with E-state index in [9.17, 15) is 5.11 Å². The molecular weight excluding hydrogens is 180 g/mol. The lowest BCUT2D eigenvalue weighted by molar-refractivity contribution is 0.151. The Balaban J connectivity index is 2.20. The highest BCUT2D eigenvalue weighted by Gasteiger charge is 2.24. The molecule has 4 nitrogen and oxygen atoms in total. The zero-order valence-electron chi connectivity index (χ0n) is 8.53. The Bertz CT molecular complexity index is 309. The number of aliphatic hydroxyl groups is 1. The van der Waals surface area contributed by atoms with Crippen LogP contribution in [0.15, 0.2) is 10.5 Å². The van der Waals surface area contributed by atoms with Gasteiger partial charge in [-0.1, -0.05) is 0 Å². The van der Waals surface area contributed by atoms with Gasteiger partial charge in [0.2, 0.25) is 0 Å². The third-order valence-electron chi connectivity index (χ3n) is 2.62. The van der Waals surface area contributed by atoms with E-state index in [1.165, 1.54) is 5.56 Å². The topological polar surface area (TPSA) is 62.6 Å². The van der Waals surface area contributed by atoms with Crippen LogP contribution in [0.2, 0.25) is 0 Å². The van der Waals surface area contributed by atoms with Gasteiger partial charge in [0, 0.05) is 12.1 Å². The summed E-state index contributed by atoms with van der Waals surface area (Å²) in [5.41, 5.74) is 6.97. The molecule has 2 heterocycles. The Kier molecular flexibility index (Phi) is 2.34. The van der Waals surface area contributed by atoms with E-state index in [2.05, 4.69) is 4.90 Å². The first kappa shape index (κ1) is 9.71. The van der Waals surface area contributed by atoms with Crippen LogP contribution in [0.3, 0.4) is 0 Å². The number of aliphatic hydroxyl groups excluding tert-OH is 1. The molecule has 1 aromatic heterocycles. The van der Waals surface area contributed by atoms with Gasteiger partial charge < -0.3 is 15.3 Å². The van der Waals surface area contributed by atoms with Crippen LogP contribution >= 0.6 is 0 Å². The lowest BCUT2D eigenvalue weighted by atomic mass is 10.1. The summed E-state index contributed by atoms with van der Waals surface area (Å²) in [6.07, 6.45) is -0.570. The smallest absolute Gasteiger partial charge is 0.123 e. The van der Waals surface area contributed by atoms with E-state index in [0.717, 1.165) is 18.8 Å². The van der Waals surface area contributed by atoms with Crippen molar-refractivity contribution in [2.45, 2.75) is 32.2 Å². The van der Waals surface area contributed by atoms with Gasteiger partial charge in [-0.15, -0.1) is 0 Å². The van der Waals surface area contributed by atoms with E-state index in [0.29, 0.717) is 5.76 Å². The van der Waals surface area contributed by atoms with Gasteiger partial charge in [-0.2, -0.15) is 0 Å². The molecule has 0 aromatic carbocycles. The maximum absolute atomic E-state index is 9.32. The second kappa shape index (κ2) is 3.38. The molecule has 0 bridgehead atoms. The Morgan fingerprint density at radius 2 is 2.29 bits per heavy atom. The van der Waals surface area contributed by atoms with Crippen LogP contribution in [0.1, 0.15) is 30.0 Å². The minimum absolute atomic E-state index is 0.411. The summed E-state index contributed by atoms with van der Waals surface area (Å²) in [5, 5.41) is 9.32. The van der Waals surface area contributed by atoms with Gasteiger partial charge in [-0.05, 0) is 20.0 Å². The Morgan fingerprint density at radius 3 is 2.86 bits per heavy atom. The minimum Gasteiger partial charge on any atom is -0.463 e. The molecule has 0 radical (unpaired) electrons. The molecule has 2 atom stereocenters. The van der Waals surface area contributed by atoms with Crippen molar-refractivity contribution in [2.75, 3.05) is 7.05 Å². The quantitative estimate of drug-likeness (QED) is 0.727. The Labute approximate surface area is 83.3 Å². The molecule has 0 aliphatic carbocycles. The van der Waals surface area contributed by atoms with E-state index < -0.39 is 12.1 Å². The van der Waals surface area contributed by atoms with Gasteiger partial charge in [0.25, 0.3) is 0 Å².